The third-order valence-electron chi connectivity index (χ3n) is 4.77. The van der Waals surface area contributed by atoms with E-state index in [4.69, 9.17) is 9.47 Å². The first-order valence-electron chi connectivity index (χ1n) is 15.3. The second-order valence-electron chi connectivity index (χ2n) is 13.2. The first kappa shape index (κ1) is 43.0. The Bertz CT molecular complexity index is 383. The van der Waals surface area contributed by atoms with Crippen molar-refractivity contribution >= 4 is 23.5 Å². The maximum absolute atomic E-state index is 5.35. The number of ether oxygens (including phenoxy) is 2. The molecule has 0 rings (SSSR count). The molecule has 38 heavy (non-hydrogen) atoms. The fourth-order valence-electron chi connectivity index (χ4n) is 3.28. The van der Waals surface area contributed by atoms with Crippen LogP contribution in [0.3, 0.4) is 0 Å². The van der Waals surface area contributed by atoms with Crippen LogP contribution in [0, 0.1) is 35.5 Å². The Morgan fingerprint density at radius 3 is 1.03 bits per heavy atom. The minimum atomic E-state index is 0.620. The van der Waals surface area contributed by atoms with Crippen LogP contribution in [0.25, 0.3) is 0 Å². The van der Waals surface area contributed by atoms with Crippen molar-refractivity contribution in [3.8, 4) is 0 Å². The van der Waals surface area contributed by atoms with Crippen molar-refractivity contribution in [3.05, 3.63) is 0 Å². The van der Waals surface area contributed by atoms with E-state index in [0.717, 1.165) is 50.1 Å². The number of thioether (sulfide) groups is 2. The molecule has 0 saturated heterocycles. The first-order chi connectivity index (χ1) is 17.7. The van der Waals surface area contributed by atoms with Gasteiger partial charge in [-0.3, -0.25) is 0 Å². The van der Waals surface area contributed by atoms with Gasteiger partial charge in [0, 0.05) is 50.9 Å². The molecular weight excluding hydrogens is 508 g/mol. The zero-order valence-corrected chi connectivity index (χ0v) is 30.1. The summed E-state index contributed by atoms with van der Waals surface area (Å²) in [4.78, 5) is 4.84. The summed E-state index contributed by atoms with van der Waals surface area (Å²) in [7, 11) is 4.42. The fourth-order valence-corrected chi connectivity index (χ4v) is 5.50. The summed E-state index contributed by atoms with van der Waals surface area (Å²) in [6, 6.07) is 0. The zero-order valence-electron chi connectivity index (χ0n) is 28.5. The molecule has 0 bridgehead atoms. The predicted octanol–water partition coefficient (Wildman–Crippen LogP) is 8.26. The Morgan fingerprint density at radius 1 is 0.474 bits per heavy atom. The molecule has 0 aromatic heterocycles. The lowest BCUT2D eigenvalue weighted by Crippen LogP contribution is -2.34. The molecule has 234 valence electrons. The summed E-state index contributed by atoms with van der Waals surface area (Å²) in [6.07, 6.45) is 0. The van der Waals surface area contributed by atoms with Gasteiger partial charge in [0.15, 0.2) is 0 Å². The van der Waals surface area contributed by atoms with Gasteiger partial charge in [0.1, 0.15) is 0 Å². The van der Waals surface area contributed by atoms with Crippen molar-refractivity contribution in [2.75, 3.05) is 89.7 Å². The highest BCUT2D eigenvalue weighted by atomic mass is 32.2. The second-order valence-corrected chi connectivity index (χ2v) is 15.5. The number of rotatable bonds is 21. The summed E-state index contributed by atoms with van der Waals surface area (Å²) >= 11 is 4.18. The molecule has 0 aromatic carbocycles. The highest BCUT2D eigenvalue weighted by molar-refractivity contribution is 8.02. The maximum Gasteiger partial charge on any atom is 0.0700 e. The molecule has 0 saturated carbocycles. The largest absolute Gasteiger partial charge is 0.379 e. The van der Waals surface area contributed by atoms with Gasteiger partial charge in [-0.05, 0) is 61.1 Å². The second kappa shape index (κ2) is 30.5. The number of hydrogen-bond acceptors (Lipinski definition) is 6. The molecule has 0 aromatic rings. The predicted molar refractivity (Wildman–Crippen MR) is 180 cm³/mol. The molecule has 0 aliphatic carbocycles. The van der Waals surface area contributed by atoms with Crippen molar-refractivity contribution < 1.29 is 9.47 Å². The Morgan fingerprint density at radius 2 is 0.789 bits per heavy atom. The van der Waals surface area contributed by atoms with Crippen LogP contribution < -0.4 is 0 Å². The quantitative estimate of drug-likeness (QED) is 0.127. The average Bonchev–Trinajstić information content (AvgIpc) is 2.76. The van der Waals surface area contributed by atoms with Crippen molar-refractivity contribution in [1.82, 2.24) is 9.80 Å². The van der Waals surface area contributed by atoms with Crippen LogP contribution in [-0.4, -0.2) is 99.5 Å². The normalized spacial score (nSPS) is 11.8. The molecular formula is C32H72N2O2S2. The Balaban J connectivity index is -0.000000486. The standard InChI is InChI=1S/C12H28N2.C10H22O2.C10H22S2/c1-11(2)9-13(5)7-8-14(6)10-12(3)4;2*1-9(2)7-11-5-6-12-8-10(3)4/h11-12H,7-10H2,1-6H3;2*9-10H,5-8H2,1-4H3. The van der Waals surface area contributed by atoms with E-state index in [-0.39, 0.29) is 0 Å². The molecule has 6 heteroatoms. The SMILES string of the molecule is CC(C)CN(C)CCN(C)CC(C)C.CC(C)COCCOCC(C)C.CC(C)CSCCSCC(C)C. The van der Waals surface area contributed by atoms with Gasteiger partial charge >= 0.3 is 0 Å². The van der Waals surface area contributed by atoms with Crippen molar-refractivity contribution in [2.24, 2.45) is 35.5 Å². The highest BCUT2D eigenvalue weighted by Gasteiger charge is 2.05. The lowest BCUT2D eigenvalue weighted by Gasteiger charge is -2.24. The van der Waals surface area contributed by atoms with Crippen LogP contribution in [-0.2, 0) is 9.47 Å². The molecule has 0 spiro atoms. The molecule has 0 atom stereocenters. The van der Waals surface area contributed by atoms with E-state index in [9.17, 15) is 0 Å². The molecule has 0 aliphatic rings. The lowest BCUT2D eigenvalue weighted by atomic mass is 10.2. The summed E-state index contributed by atoms with van der Waals surface area (Å²) in [6.45, 7) is 34.7. The molecule has 0 amide bonds. The average molecular weight is 581 g/mol. The minimum Gasteiger partial charge on any atom is -0.379 e. The van der Waals surface area contributed by atoms with Crippen LogP contribution in [0.4, 0.5) is 0 Å². The van der Waals surface area contributed by atoms with E-state index in [1.165, 1.54) is 49.2 Å². The van der Waals surface area contributed by atoms with E-state index in [1.54, 1.807) is 0 Å². The third kappa shape index (κ3) is 46.4. The van der Waals surface area contributed by atoms with Crippen LogP contribution >= 0.6 is 23.5 Å². The van der Waals surface area contributed by atoms with Crippen molar-refractivity contribution in [1.29, 1.82) is 0 Å². The van der Waals surface area contributed by atoms with Crippen LogP contribution in [0.2, 0.25) is 0 Å². The molecule has 0 aliphatic heterocycles. The van der Waals surface area contributed by atoms with E-state index in [2.05, 4.69) is 131 Å². The molecule has 0 unspecified atom stereocenters. The monoisotopic (exact) mass is 581 g/mol. The number of nitrogens with zero attached hydrogens (tertiary/aromatic N) is 2. The van der Waals surface area contributed by atoms with Crippen LogP contribution in [0.5, 0.6) is 0 Å². The van der Waals surface area contributed by atoms with Crippen molar-refractivity contribution in [2.45, 2.75) is 83.1 Å². The number of likely N-dealkylation sites (N-methyl/N-ethyl adjacent to an activating group) is 2. The number of hydrogen-bond donors (Lipinski definition) is 0. The van der Waals surface area contributed by atoms with E-state index in [1.807, 2.05) is 0 Å². The summed E-state index contributed by atoms with van der Waals surface area (Å²) in [5.74, 6) is 9.79. The lowest BCUT2D eigenvalue weighted by molar-refractivity contribution is 0.0292. The fraction of sp³-hybridized carbons (Fsp3) is 1.00. The smallest absolute Gasteiger partial charge is 0.0700 e. The van der Waals surface area contributed by atoms with Gasteiger partial charge in [0.2, 0.25) is 0 Å². The van der Waals surface area contributed by atoms with Crippen molar-refractivity contribution in [3.63, 3.8) is 0 Å². The van der Waals surface area contributed by atoms with Crippen LogP contribution in [0.15, 0.2) is 0 Å². The molecule has 0 fully saturated rings. The van der Waals surface area contributed by atoms with Gasteiger partial charge < -0.3 is 19.3 Å². The minimum absolute atomic E-state index is 0.620. The van der Waals surface area contributed by atoms with Gasteiger partial charge in [-0.25, -0.2) is 0 Å². The topological polar surface area (TPSA) is 24.9 Å². The molecule has 0 N–H and O–H groups in total. The van der Waals surface area contributed by atoms with Gasteiger partial charge in [0.05, 0.1) is 13.2 Å². The van der Waals surface area contributed by atoms with Gasteiger partial charge in [0.25, 0.3) is 0 Å². The molecule has 0 heterocycles. The van der Waals surface area contributed by atoms with Gasteiger partial charge in [-0.2, -0.15) is 23.5 Å². The van der Waals surface area contributed by atoms with E-state index in [0.29, 0.717) is 11.8 Å². The van der Waals surface area contributed by atoms with E-state index < -0.39 is 0 Å². The van der Waals surface area contributed by atoms with Crippen LogP contribution in [0.1, 0.15) is 83.1 Å². The molecule has 4 nitrogen and oxygen atoms in total. The Kier molecular flexibility index (Phi) is 34.5. The summed E-state index contributed by atoms with van der Waals surface area (Å²) in [5.41, 5.74) is 0. The highest BCUT2D eigenvalue weighted by Crippen LogP contribution is 2.12. The first-order valence-corrected chi connectivity index (χ1v) is 17.7. The van der Waals surface area contributed by atoms with Gasteiger partial charge in [-0.1, -0.05) is 83.1 Å². The van der Waals surface area contributed by atoms with E-state index >= 15 is 0 Å². The zero-order chi connectivity index (χ0) is 29.9. The van der Waals surface area contributed by atoms with Gasteiger partial charge in [-0.15, -0.1) is 0 Å². The molecule has 0 radical (unpaired) electrons. The maximum atomic E-state index is 5.35. The Hall–Kier alpha value is 0.540. The summed E-state index contributed by atoms with van der Waals surface area (Å²) in [5, 5.41) is 0. The Labute approximate surface area is 250 Å². The third-order valence-corrected chi connectivity index (χ3v) is 7.81. The summed E-state index contributed by atoms with van der Waals surface area (Å²) < 4.78 is 10.7.